The lowest BCUT2D eigenvalue weighted by Gasteiger charge is -2.36. The predicted molar refractivity (Wildman–Crippen MR) is 114 cm³/mol. The zero-order valence-corrected chi connectivity index (χ0v) is 18.1. The molecule has 3 N–H and O–H groups in total. The Kier molecular flexibility index (Phi) is 6.36. The molecule has 3 aliphatic rings. The van der Waals surface area contributed by atoms with Gasteiger partial charge >= 0.3 is 0 Å². The fourth-order valence-corrected chi connectivity index (χ4v) is 4.83. The fraction of sp³-hybridized carbons (Fsp3) is 0.571. The zero-order valence-electron chi connectivity index (χ0n) is 17.4. The molecule has 2 atom stereocenters. The second kappa shape index (κ2) is 9.02. The number of aliphatic hydroxyl groups excluding tert-OH is 2. The van der Waals surface area contributed by atoms with Gasteiger partial charge in [-0.15, -0.1) is 0 Å². The molecule has 1 saturated heterocycles. The van der Waals surface area contributed by atoms with Gasteiger partial charge in [-0.1, -0.05) is 30.9 Å². The number of amides is 2. The molecular weight excluding hydrogens is 424 g/mol. The molecule has 10 heteroatoms. The molecule has 2 fully saturated rings. The van der Waals surface area contributed by atoms with Gasteiger partial charge < -0.3 is 24.7 Å². The van der Waals surface area contributed by atoms with E-state index in [-0.39, 0.29) is 31.1 Å². The van der Waals surface area contributed by atoms with E-state index in [0.717, 1.165) is 37.7 Å². The topological polar surface area (TPSA) is 115 Å². The van der Waals surface area contributed by atoms with Gasteiger partial charge in [0.15, 0.2) is 6.61 Å². The quantitative estimate of drug-likeness (QED) is 0.566. The van der Waals surface area contributed by atoms with Crippen LogP contribution in [0, 0.1) is 0 Å². The van der Waals surface area contributed by atoms with Gasteiger partial charge in [0, 0.05) is 24.2 Å². The van der Waals surface area contributed by atoms with Gasteiger partial charge in [-0.3, -0.25) is 14.9 Å². The van der Waals surface area contributed by atoms with Crippen molar-refractivity contribution in [3.63, 3.8) is 0 Å². The maximum absolute atomic E-state index is 12.8. The van der Waals surface area contributed by atoms with Crippen LogP contribution in [0.1, 0.15) is 44.6 Å². The molecule has 0 radical (unpaired) electrons. The molecule has 2 heterocycles. The summed E-state index contributed by atoms with van der Waals surface area (Å²) in [5.41, 5.74) is 1.26. The van der Waals surface area contributed by atoms with Crippen LogP contribution in [0.3, 0.4) is 0 Å². The maximum atomic E-state index is 12.8. The molecule has 1 saturated carbocycles. The van der Waals surface area contributed by atoms with E-state index in [1.807, 2.05) is 0 Å². The van der Waals surface area contributed by atoms with Crippen molar-refractivity contribution in [3.05, 3.63) is 22.7 Å². The SMILES string of the molecule is CC(O)N(C(=O)COc1cc(Cl)c2c(c1)CN1C(=N2)NC(=O)C1CO)C1CCCCC1. The number of carbonyl (C=O) groups excluding carboxylic acids is 2. The Hall–Kier alpha value is -2.36. The van der Waals surface area contributed by atoms with Crippen LogP contribution in [-0.2, 0) is 16.1 Å². The highest BCUT2D eigenvalue weighted by Crippen LogP contribution is 2.38. The van der Waals surface area contributed by atoms with Crippen LogP contribution in [-0.4, -0.2) is 69.3 Å². The van der Waals surface area contributed by atoms with Crippen molar-refractivity contribution in [3.8, 4) is 5.75 Å². The van der Waals surface area contributed by atoms with Crippen molar-refractivity contribution >= 4 is 35.1 Å². The summed E-state index contributed by atoms with van der Waals surface area (Å²) >= 11 is 6.39. The second-order valence-electron chi connectivity index (χ2n) is 8.18. The molecule has 2 unspecified atom stereocenters. The molecule has 9 nitrogen and oxygen atoms in total. The van der Waals surface area contributed by atoms with E-state index in [2.05, 4.69) is 10.3 Å². The summed E-state index contributed by atoms with van der Waals surface area (Å²) < 4.78 is 5.74. The lowest BCUT2D eigenvalue weighted by atomic mass is 9.94. The van der Waals surface area contributed by atoms with Gasteiger partial charge in [0.25, 0.3) is 11.8 Å². The molecule has 0 bridgehead atoms. The lowest BCUT2D eigenvalue weighted by molar-refractivity contribution is -0.147. The maximum Gasteiger partial charge on any atom is 0.262 e. The molecule has 1 aliphatic carbocycles. The Morgan fingerprint density at radius 3 is 2.81 bits per heavy atom. The Labute approximate surface area is 185 Å². The van der Waals surface area contributed by atoms with E-state index in [1.54, 1.807) is 24.0 Å². The van der Waals surface area contributed by atoms with E-state index in [9.17, 15) is 19.8 Å². The van der Waals surface area contributed by atoms with E-state index in [4.69, 9.17) is 16.3 Å². The molecule has 1 aromatic rings. The first-order valence-electron chi connectivity index (χ1n) is 10.6. The largest absolute Gasteiger partial charge is 0.484 e. The number of guanidine groups is 1. The fourth-order valence-electron chi connectivity index (χ4n) is 4.56. The Bertz CT molecular complexity index is 900. The van der Waals surface area contributed by atoms with Gasteiger partial charge in [-0.25, -0.2) is 4.99 Å². The average Bonchev–Trinajstić information content (AvgIpc) is 3.05. The summed E-state index contributed by atoms with van der Waals surface area (Å²) in [6.07, 6.45) is 4.14. The highest BCUT2D eigenvalue weighted by atomic mass is 35.5. The number of hydrogen-bond donors (Lipinski definition) is 3. The van der Waals surface area contributed by atoms with E-state index >= 15 is 0 Å². The molecule has 4 rings (SSSR count). The lowest BCUT2D eigenvalue weighted by Crippen LogP contribution is -2.48. The number of nitrogens with zero attached hydrogens (tertiary/aromatic N) is 3. The van der Waals surface area contributed by atoms with Crippen LogP contribution in [0.5, 0.6) is 5.75 Å². The minimum absolute atomic E-state index is 0.0281. The van der Waals surface area contributed by atoms with Crippen molar-refractivity contribution < 1.29 is 24.5 Å². The van der Waals surface area contributed by atoms with Crippen LogP contribution >= 0.6 is 11.6 Å². The number of ether oxygens (including phenoxy) is 1. The van der Waals surface area contributed by atoms with Crippen molar-refractivity contribution in [1.29, 1.82) is 0 Å². The molecule has 168 valence electrons. The second-order valence-corrected chi connectivity index (χ2v) is 8.58. The van der Waals surface area contributed by atoms with Gasteiger partial charge in [0.05, 0.1) is 17.3 Å². The van der Waals surface area contributed by atoms with Gasteiger partial charge in [0.1, 0.15) is 18.0 Å². The summed E-state index contributed by atoms with van der Waals surface area (Å²) in [4.78, 5) is 32.4. The summed E-state index contributed by atoms with van der Waals surface area (Å²) in [7, 11) is 0. The third-order valence-corrected chi connectivity index (χ3v) is 6.34. The summed E-state index contributed by atoms with van der Waals surface area (Å²) in [6, 6.07) is 2.65. The molecule has 2 aliphatic heterocycles. The van der Waals surface area contributed by atoms with E-state index in [0.29, 0.717) is 29.0 Å². The van der Waals surface area contributed by atoms with Crippen molar-refractivity contribution in [2.45, 2.75) is 63.9 Å². The van der Waals surface area contributed by atoms with Gasteiger partial charge in [0.2, 0.25) is 5.96 Å². The van der Waals surface area contributed by atoms with Crippen molar-refractivity contribution in [1.82, 2.24) is 15.1 Å². The molecule has 31 heavy (non-hydrogen) atoms. The van der Waals surface area contributed by atoms with Crippen LogP contribution in [0.15, 0.2) is 17.1 Å². The predicted octanol–water partition coefficient (Wildman–Crippen LogP) is 1.51. The van der Waals surface area contributed by atoms with Crippen LogP contribution < -0.4 is 10.1 Å². The standard InChI is InChI=1S/C21H27ClN4O5/c1-12(28)26(14-5-3-2-4-6-14)18(29)11-31-15-7-13-9-25-17(10-27)20(30)24-21(25)23-19(13)16(22)8-15/h7-8,12,14,17,27-28H,2-6,9-11H2,1H3,(H,23,24,30). The number of halogens is 1. The number of carbonyl (C=O) groups is 2. The first-order chi connectivity index (χ1) is 14.9. The molecule has 0 aromatic heterocycles. The third-order valence-electron chi connectivity index (χ3n) is 6.05. The molecule has 0 spiro atoms. The number of rotatable bonds is 6. The number of hydrogen-bond acceptors (Lipinski definition) is 7. The highest BCUT2D eigenvalue weighted by Gasteiger charge is 2.39. The number of fused-ring (bicyclic) bond motifs is 2. The van der Waals surface area contributed by atoms with Crippen molar-refractivity contribution in [2.24, 2.45) is 4.99 Å². The van der Waals surface area contributed by atoms with E-state index < -0.39 is 12.3 Å². The third kappa shape index (κ3) is 4.35. The van der Waals surface area contributed by atoms with Gasteiger partial charge in [-0.05, 0) is 25.8 Å². The number of aliphatic hydroxyl groups is 2. The van der Waals surface area contributed by atoms with Crippen LogP contribution in [0.4, 0.5) is 5.69 Å². The summed E-state index contributed by atoms with van der Waals surface area (Å²) in [6.45, 7) is 1.38. The first-order valence-corrected chi connectivity index (χ1v) is 11.0. The highest BCUT2D eigenvalue weighted by molar-refractivity contribution is 6.33. The van der Waals surface area contributed by atoms with Crippen LogP contribution in [0.2, 0.25) is 5.02 Å². The Morgan fingerprint density at radius 2 is 2.13 bits per heavy atom. The number of nitrogens with one attached hydrogen (secondary N) is 1. The normalized spacial score (nSPS) is 21.7. The molecule has 2 amide bonds. The van der Waals surface area contributed by atoms with Crippen LogP contribution in [0.25, 0.3) is 0 Å². The summed E-state index contributed by atoms with van der Waals surface area (Å²) in [5.74, 6) is 0.185. The Morgan fingerprint density at radius 1 is 1.39 bits per heavy atom. The molecule has 1 aromatic carbocycles. The smallest absolute Gasteiger partial charge is 0.262 e. The molecular formula is C21H27ClN4O5. The zero-order chi connectivity index (χ0) is 22.1. The minimum atomic E-state index is -0.880. The average molecular weight is 451 g/mol. The number of benzene rings is 1. The van der Waals surface area contributed by atoms with Gasteiger partial charge in [-0.2, -0.15) is 0 Å². The van der Waals surface area contributed by atoms with E-state index in [1.165, 1.54) is 4.90 Å². The van der Waals surface area contributed by atoms with Crippen molar-refractivity contribution in [2.75, 3.05) is 13.2 Å². The monoisotopic (exact) mass is 450 g/mol. The first kappa shape index (κ1) is 21.9. The number of aliphatic imine (C=N–C) groups is 1. The summed E-state index contributed by atoms with van der Waals surface area (Å²) in [5, 5.41) is 22.6. The minimum Gasteiger partial charge on any atom is -0.484 e. The Balaban J connectivity index is 1.47.